The van der Waals surface area contributed by atoms with E-state index in [0.717, 1.165) is 5.82 Å². The van der Waals surface area contributed by atoms with E-state index in [1.54, 1.807) is 41.9 Å². The Morgan fingerprint density at radius 3 is 2.50 bits per heavy atom. The zero-order chi connectivity index (χ0) is 19.2. The minimum Gasteiger partial charge on any atom is -0.349 e. The number of hydrogen-bond acceptors (Lipinski definition) is 3. The Morgan fingerprint density at radius 1 is 1.23 bits per heavy atom. The molecule has 1 atom stereocenters. The lowest BCUT2D eigenvalue weighted by molar-refractivity contribution is -0.138. The Morgan fingerprint density at radius 2 is 1.92 bits per heavy atom. The molecule has 0 bridgehead atoms. The van der Waals surface area contributed by atoms with Crippen LogP contribution in [0.15, 0.2) is 30.3 Å². The van der Waals surface area contributed by atoms with Gasteiger partial charge in [0, 0.05) is 19.4 Å². The minimum absolute atomic E-state index is 0.180. The van der Waals surface area contributed by atoms with Crippen molar-refractivity contribution in [3.8, 4) is 0 Å². The standard InChI is InChI=1S/C18H23F3N4O/c1-13-22-14(2)25(24-13)12-6-9-17(26)23-16(10-11-18(19,20)21)15-7-4-3-5-8-15/h3-5,7-8,16H,6,9-12H2,1-2H3,(H,23,26). The van der Waals surface area contributed by atoms with Gasteiger partial charge in [0.05, 0.1) is 6.04 Å². The SMILES string of the molecule is Cc1nc(C)n(CCCC(=O)NC(CCC(F)(F)F)c2ccccc2)n1. The fourth-order valence-electron chi connectivity index (χ4n) is 2.74. The molecule has 142 valence electrons. The average molecular weight is 368 g/mol. The molecule has 0 radical (unpaired) electrons. The molecule has 1 aromatic carbocycles. The molecule has 0 aliphatic rings. The molecule has 0 saturated carbocycles. The molecule has 2 rings (SSSR count). The number of halogens is 3. The first-order chi connectivity index (χ1) is 12.2. The van der Waals surface area contributed by atoms with E-state index < -0.39 is 18.6 Å². The maximum atomic E-state index is 12.6. The molecule has 8 heteroatoms. The van der Waals surface area contributed by atoms with Crippen molar-refractivity contribution < 1.29 is 18.0 Å². The molecule has 1 heterocycles. The first kappa shape index (κ1) is 19.9. The van der Waals surface area contributed by atoms with Crippen LogP contribution in [0.25, 0.3) is 0 Å². The van der Waals surface area contributed by atoms with E-state index in [1.165, 1.54) is 0 Å². The van der Waals surface area contributed by atoms with Crippen LogP contribution in [0.3, 0.4) is 0 Å². The Labute approximate surface area is 150 Å². The second-order valence-electron chi connectivity index (χ2n) is 6.22. The van der Waals surface area contributed by atoms with Crippen LogP contribution in [0.5, 0.6) is 0 Å². The number of carbonyl (C=O) groups is 1. The first-order valence-corrected chi connectivity index (χ1v) is 8.54. The summed E-state index contributed by atoms with van der Waals surface area (Å²) < 4.78 is 39.4. The van der Waals surface area contributed by atoms with Crippen LogP contribution in [0.1, 0.15) is 48.9 Å². The van der Waals surface area contributed by atoms with Crippen molar-refractivity contribution >= 4 is 5.91 Å². The number of carbonyl (C=O) groups excluding carboxylic acids is 1. The molecule has 0 fully saturated rings. The summed E-state index contributed by atoms with van der Waals surface area (Å²) >= 11 is 0. The number of aryl methyl sites for hydroxylation is 3. The van der Waals surface area contributed by atoms with Gasteiger partial charge >= 0.3 is 6.18 Å². The van der Waals surface area contributed by atoms with Gasteiger partial charge in [-0.1, -0.05) is 30.3 Å². The predicted molar refractivity (Wildman–Crippen MR) is 91.3 cm³/mol. The number of nitrogens with one attached hydrogen (secondary N) is 1. The van der Waals surface area contributed by atoms with Crippen molar-refractivity contribution in [2.24, 2.45) is 0 Å². The third-order valence-corrected chi connectivity index (χ3v) is 3.99. The number of benzene rings is 1. The lowest BCUT2D eigenvalue weighted by Gasteiger charge is -2.20. The monoisotopic (exact) mass is 368 g/mol. The quantitative estimate of drug-likeness (QED) is 0.769. The third-order valence-electron chi connectivity index (χ3n) is 3.99. The summed E-state index contributed by atoms with van der Waals surface area (Å²) in [6.07, 6.45) is -4.62. The largest absolute Gasteiger partial charge is 0.389 e. The number of amides is 1. The van der Waals surface area contributed by atoms with E-state index in [1.807, 2.05) is 6.92 Å². The molecule has 5 nitrogen and oxygen atoms in total. The fraction of sp³-hybridized carbons (Fsp3) is 0.500. The van der Waals surface area contributed by atoms with E-state index in [0.29, 0.717) is 24.4 Å². The van der Waals surface area contributed by atoms with Gasteiger partial charge in [0.1, 0.15) is 11.6 Å². The maximum Gasteiger partial charge on any atom is 0.389 e. The van der Waals surface area contributed by atoms with Crippen LogP contribution in [-0.2, 0) is 11.3 Å². The number of alkyl halides is 3. The summed E-state index contributed by atoms with van der Waals surface area (Å²) in [7, 11) is 0. The summed E-state index contributed by atoms with van der Waals surface area (Å²) in [6.45, 7) is 4.17. The highest BCUT2D eigenvalue weighted by molar-refractivity contribution is 5.76. The van der Waals surface area contributed by atoms with Crippen LogP contribution in [0.4, 0.5) is 13.2 Å². The Hall–Kier alpha value is -2.38. The summed E-state index contributed by atoms with van der Waals surface area (Å²) in [5.41, 5.74) is 0.674. The van der Waals surface area contributed by atoms with Crippen molar-refractivity contribution in [2.75, 3.05) is 0 Å². The lowest BCUT2D eigenvalue weighted by Crippen LogP contribution is -2.29. The van der Waals surface area contributed by atoms with E-state index >= 15 is 0 Å². The molecule has 1 amide bonds. The molecule has 26 heavy (non-hydrogen) atoms. The van der Waals surface area contributed by atoms with Crippen LogP contribution in [0.2, 0.25) is 0 Å². The summed E-state index contributed by atoms with van der Waals surface area (Å²) in [5.74, 6) is 1.18. The molecular weight excluding hydrogens is 345 g/mol. The molecule has 0 spiro atoms. The van der Waals surface area contributed by atoms with Crippen LogP contribution >= 0.6 is 0 Å². The minimum atomic E-state index is -4.25. The van der Waals surface area contributed by atoms with Gasteiger partial charge in [-0.05, 0) is 32.3 Å². The van der Waals surface area contributed by atoms with Gasteiger partial charge in [0.15, 0.2) is 0 Å². The smallest absolute Gasteiger partial charge is 0.349 e. The maximum absolute atomic E-state index is 12.6. The Bertz CT molecular complexity index is 713. The molecule has 2 aromatic rings. The average Bonchev–Trinajstić information content (AvgIpc) is 2.89. The number of nitrogens with zero attached hydrogens (tertiary/aromatic N) is 3. The van der Waals surface area contributed by atoms with E-state index in [2.05, 4.69) is 15.4 Å². The second-order valence-corrected chi connectivity index (χ2v) is 6.22. The van der Waals surface area contributed by atoms with Crippen LogP contribution in [-0.4, -0.2) is 26.8 Å². The van der Waals surface area contributed by atoms with Gasteiger partial charge in [-0.25, -0.2) is 4.98 Å². The van der Waals surface area contributed by atoms with Gasteiger partial charge in [0.2, 0.25) is 5.91 Å². The molecule has 1 aromatic heterocycles. The number of rotatable bonds is 8. The number of hydrogen-bond donors (Lipinski definition) is 1. The molecule has 0 aliphatic carbocycles. The van der Waals surface area contributed by atoms with Crippen molar-refractivity contribution in [3.05, 3.63) is 47.5 Å². The highest BCUT2D eigenvalue weighted by atomic mass is 19.4. The molecule has 0 saturated heterocycles. The summed E-state index contributed by atoms with van der Waals surface area (Å²) in [6, 6.07) is 8.08. The fourth-order valence-corrected chi connectivity index (χ4v) is 2.74. The van der Waals surface area contributed by atoms with Crippen molar-refractivity contribution in [3.63, 3.8) is 0 Å². The normalized spacial score (nSPS) is 12.8. The van der Waals surface area contributed by atoms with Crippen LogP contribution < -0.4 is 5.32 Å². The second kappa shape index (κ2) is 8.82. The van der Waals surface area contributed by atoms with E-state index in [9.17, 15) is 18.0 Å². The van der Waals surface area contributed by atoms with E-state index in [-0.39, 0.29) is 18.7 Å². The molecule has 1 N–H and O–H groups in total. The van der Waals surface area contributed by atoms with Gasteiger partial charge < -0.3 is 5.32 Å². The molecule has 0 aliphatic heterocycles. The lowest BCUT2D eigenvalue weighted by atomic mass is 10.0. The third kappa shape index (κ3) is 6.50. The Balaban J connectivity index is 1.89. The summed E-state index contributed by atoms with van der Waals surface area (Å²) in [4.78, 5) is 16.4. The molecular formula is C18H23F3N4O. The highest BCUT2D eigenvalue weighted by Gasteiger charge is 2.29. The zero-order valence-electron chi connectivity index (χ0n) is 14.9. The zero-order valence-corrected chi connectivity index (χ0v) is 14.9. The Kier molecular flexibility index (Phi) is 6.76. The summed E-state index contributed by atoms with van der Waals surface area (Å²) in [5, 5.41) is 6.95. The van der Waals surface area contributed by atoms with Crippen molar-refractivity contribution in [2.45, 2.75) is 58.3 Å². The van der Waals surface area contributed by atoms with Gasteiger partial charge in [-0.3, -0.25) is 9.48 Å². The highest BCUT2D eigenvalue weighted by Crippen LogP contribution is 2.27. The van der Waals surface area contributed by atoms with Crippen molar-refractivity contribution in [1.82, 2.24) is 20.1 Å². The van der Waals surface area contributed by atoms with E-state index in [4.69, 9.17) is 0 Å². The van der Waals surface area contributed by atoms with Gasteiger partial charge in [0.25, 0.3) is 0 Å². The number of aromatic nitrogens is 3. The van der Waals surface area contributed by atoms with Gasteiger partial charge in [-0.2, -0.15) is 18.3 Å². The predicted octanol–water partition coefficient (Wildman–Crippen LogP) is 3.88. The first-order valence-electron chi connectivity index (χ1n) is 8.54. The van der Waals surface area contributed by atoms with Gasteiger partial charge in [-0.15, -0.1) is 0 Å². The van der Waals surface area contributed by atoms with Crippen LogP contribution in [0, 0.1) is 13.8 Å². The topological polar surface area (TPSA) is 59.8 Å². The van der Waals surface area contributed by atoms with Crippen molar-refractivity contribution in [1.29, 1.82) is 0 Å². The molecule has 1 unspecified atom stereocenters.